The summed E-state index contributed by atoms with van der Waals surface area (Å²) < 4.78 is 39.3. The zero-order chi connectivity index (χ0) is 30.9. The predicted molar refractivity (Wildman–Crippen MR) is 141 cm³/mol. The van der Waals surface area contributed by atoms with Gasteiger partial charge in [-0.2, -0.15) is 13.2 Å². The molecule has 0 saturated heterocycles. The molecule has 0 heterocycles. The van der Waals surface area contributed by atoms with Crippen LogP contribution < -0.4 is 16.0 Å². The Morgan fingerprint density at radius 3 is 2.34 bits per heavy atom. The van der Waals surface area contributed by atoms with E-state index in [1.165, 1.54) is 11.0 Å². The van der Waals surface area contributed by atoms with Crippen molar-refractivity contribution >= 4 is 28.9 Å². The number of hydrogen-bond acceptors (Lipinski definition) is 10. The van der Waals surface area contributed by atoms with Crippen LogP contribution in [0.2, 0.25) is 0 Å². The smallest absolute Gasteiger partial charge is 0.403 e. The number of alkyl halides is 3. The fourth-order valence-electron chi connectivity index (χ4n) is 6.62. The van der Waals surface area contributed by atoms with Crippen molar-refractivity contribution < 1.29 is 48.0 Å². The average molecular weight is 585 g/mol. The Morgan fingerprint density at radius 1 is 1.22 bits per heavy atom. The van der Waals surface area contributed by atoms with E-state index in [1.807, 2.05) is 0 Å². The van der Waals surface area contributed by atoms with Crippen molar-refractivity contribution in [3.8, 4) is 5.75 Å². The Balaban J connectivity index is 1.88. The molecule has 0 radical (unpaired) electrons. The average Bonchev–Trinajstić information content (AvgIpc) is 2.84. The van der Waals surface area contributed by atoms with E-state index in [0.29, 0.717) is 11.3 Å². The standard InChI is InChI=1S/C27H35F3N4O7/c1-10(27(28,29)30)32-9-12-8-15(33(2)3)13-6-11-7-14-19(34(4)5)22(37)18(25(31)40)24(39)26(14,41)23(38)16(11)21(36)17(13)20(12)35/h8,10-11,14,18-19,22,32,35-37,41H,6-7,9H2,1-5H3,(H2,31,40)/t10?,11-,14-,18?,19?,22?,26-/m1/s1. The molecular formula is C27H35F3N4O7. The van der Waals surface area contributed by atoms with Gasteiger partial charge in [0.05, 0.1) is 11.7 Å². The monoisotopic (exact) mass is 584 g/mol. The lowest BCUT2D eigenvalue weighted by Crippen LogP contribution is -2.73. The Hall–Kier alpha value is -3.20. The first-order chi connectivity index (χ1) is 18.8. The third kappa shape index (κ3) is 4.66. The van der Waals surface area contributed by atoms with Crippen molar-refractivity contribution in [3.63, 3.8) is 0 Å². The van der Waals surface area contributed by atoms with E-state index in [2.05, 4.69) is 5.32 Å². The molecule has 14 heteroatoms. The highest BCUT2D eigenvalue weighted by Crippen LogP contribution is 2.53. The van der Waals surface area contributed by atoms with Gasteiger partial charge in [-0.3, -0.25) is 14.4 Å². The zero-order valence-corrected chi connectivity index (χ0v) is 23.3. The van der Waals surface area contributed by atoms with Gasteiger partial charge in [0.1, 0.15) is 23.5 Å². The summed E-state index contributed by atoms with van der Waals surface area (Å²) in [6.45, 7) is 0.496. The fraction of sp³-hybridized carbons (Fsp3) is 0.593. The van der Waals surface area contributed by atoms with Gasteiger partial charge in [-0.05, 0) is 51.4 Å². The maximum atomic E-state index is 14.0. The number of anilines is 1. The summed E-state index contributed by atoms with van der Waals surface area (Å²) in [6, 6.07) is -1.42. The van der Waals surface area contributed by atoms with E-state index in [9.17, 15) is 48.0 Å². The highest BCUT2D eigenvalue weighted by Gasteiger charge is 2.67. The second-order valence-electron chi connectivity index (χ2n) is 11.6. The van der Waals surface area contributed by atoms with Gasteiger partial charge in [0, 0.05) is 49.4 Å². The van der Waals surface area contributed by atoms with Crippen molar-refractivity contribution in [1.29, 1.82) is 0 Å². The lowest BCUT2D eigenvalue weighted by Gasteiger charge is -2.53. The molecule has 0 aromatic heterocycles. The molecule has 2 saturated carbocycles. The first-order valence-electron chi connectivity index (χ1n) is 13.1. The fourth-order valence-corrected chi connectivity index (χ4v) is 6.62. The van der Waals surface area contributed by atoms with Crippen LogP contribution in [0.15, 0.2) is 11.6 Å². The second kappa shape index (κ2) is 10.3. The first-order valence-corrected chi connectivity index (χ1v) is 13.1. The third-order valence-electron chi connectivity index (χ3n) is 8.72. The number of nitrogens with zero attached hydrogens (tertiary/aromatic N) is 2. The van der Waals surface area contributed by atoms with Crippen LogP contribution in [0.4, 0.5) is 18.9 Å². The van der Waals surface area contributed by atoms with Gasteiger partial charge in [0.15, 0.2) is 11.4 Å². The van der Waals surface area contributed by atoms with E-state index in [0.717, 1.165) is 6.92 Å². The minimum Gasteiger partial charge on any atom is -0.507 e. The quantitative estimate of drug-likeness (QED) is 0.254. The summed E-state index contributed by atoms with van der Waals surface area (Å²) in [7, 11) is 6.46. The highest BCUT2D eigenvalue weighted by molar-refractivity contribution is 6.25. The molecule has 3 aliphatic carbocycles. The van der Waals surface area contributed by atoms with Crippen LogP contribution in [0.25, 0.3) is 5.76 Å². The number of rotatable bonds is 6. The number of ketones is 2. The second-order valence-corrected chi connectivity index (χ2v) is 11.6. The molecule has 1 amide bonds. The Labute approximate surface area is 234 Å². The van der Waals surface area contributed by atoms with E-state index in [-0.39, 0.29) is 29.5 Å². The summed E-state index contributed by atoms with van der Waals surface area (Å²) in [5, 5.41) is 47.5. The highest BCUT2D eigenvalue weighted by atomic mass is 19.4. The van der Waals surface area contributed by atoms with Gasteiger partial charge in [-0.1, -0.05) is 0 Å². The number of nitrogens with two attached hydrogens (primary N) is 1. The number of hydrogen-bond donors (Lipinski definition) is 6. The molecule has 226 valence electrons. The molecule has 4 unspecified atom stereocenters. The van der Waals surface area contributed by atoms with E-state index in [4.69, 9.17) is 5.73 Å². The summed E-state index contributed by atoms with van der Waals surface area (Å²) in [5.41, 5.74) is 2.98. The van der Waals surface area contributed by atoms with Gasteiger partial charge in [0.25, 0.3) is 0 Å². The van der Waals surface area contributed by atoms with Gasteiger partial charge in [0.2, 0.25) is 11.7 Å². The number of carbonyl (C=O) groups is 3. The van der Waals surface area contributed by atoms with Crippen LogP contribution in [0.5, 0.6) is 5.75 Å². The minimum atomic E-state index is -4.54. The minimum absolute atomic E-state index is 0.0207. The Kier molecular flexibility index (Phi) is 7.70. The number of fused-ring (bicyclic) bond motifs is 3. The number of amides is 1. The van der Waals surface area contributed by atoms with Crippen molar-refractivity contribution in [2.75, 3.05) is 33.1 Å². The number of primary amides is 1. The summed E-state index contributed by atoms with van der Waals surface area (Å²) in [6.07, 6.45) is -6.11. The number of aromatic hydroxyl groups is 1. The van der Waals surface area contributed by atoms with Crippen molar-refractivity contribution in [2.24, 2.45) is 23.5 Å². The normalized spacial score (nSPS) is 30.6. The van der Waals surface area contributed by atoms with Gasteiger partial charge in [-0.25, -0.2) is 0 Å². The molecule has 2 fully saturated rings. The van der Waals surface area contributed by atoms with Crippen molar-refractivity contribution in [3.05, 3.63) is 28.3 Å². The van der Waals surface area contributed by atoms with E-state index in [1.54, 1.807) is 33.1 Å². The third-order valence-corrected chi connectivity index (χ3v) is 8.72. The Bertz CT molecular complexity index is 1330. The first kappa shape index (κ1) is 30.8. The number of carbonyl (C=O) groups excluding carboxylic acids is 3. The number of aliphatic hydroxyl groups excluding tert-OH is 2. The number of benzene rings is 1. The lowest BCUT2D eigenvalue weighted by atomic mass is 9.54. The molecule has 0 aliphatic heterocycles. The van der Waals surface area contributed by atoms with Gasteiger partial charge >= 0.3 is 6.18 Å². The molecule has 1 aromatic carbocycles. The van der Waals surface area contributed by atoms with Crippen LogP contribution in [-0.4, -0.2) is 101 Å². The van der Waals surface area contributed by atoms with Crippen molar-refractivity contribution in [1.82, 2.24) is 10.2 Å². The maximum Gasteiger partial charge on any atom is 0.403 e. The van der Waals surface area contributed by atoms with Gasteiger partial charge < -0.3 is 41.3 Å². The molecule has 0 spiro atoms. The number of halogens is 3. The molecule has 3 aliphatic rings. The van der Waals surface area contributed by atoms with E-state index >= 15 is 0 Å². The van der Waals surface area contributed by atoms with E-state index < -0.39 is 83.2 Å². The summed E-state index contributed by atoms with van der Waals surface area (Å²) in [5.74, 6) is -8.72. The lowest BCUT2D eigenvalue weighted by molar-refractivity contribution is -0.184. The zero-order valence-electron chi connectivity index (χ0n) is 23.3. The number of phenols is 1. The number of Topliss-reactive ketones (excluding diaryl/α,β-unsaturated/α-hetero) is 2. The van der Waals surface area contributed by atoms with Crippen LogP contribution in [0.3, 0.4) is 0 Å². The van der Waals surface area contributed by atoms with Crippen LogP contribution >= 0.6 is 0 Å². The summed E-state index contributed by atoms with van der Waals surface area (Å²) >= 11 is 0. The largest absolute Gasteiger partial charge is 0.507 e. The number of likely N-dealkylation sites (N-methyl/N-ethyl adjacent to an activating group) is 1. The maximum absolute atomic E-state index is 14.0. The molecule has 7 N–H and O–H groups in total. The van der Waals surface area contributed by atoms with Crippen molar-refractivity contribution in [2.45, 2.75) is 56.3 Å². The number of phenolic OH excluding ortho intramolecular Hbond substituents is 1. The molecular weight excluding hydrogens is 549 g/mol. The Morgan fingerprint density at radius 2 is 1.83 bits per heavy atom. The molecule has 0 bridgehead atoms. The van der Waals surface area contributed by atoms with Crippen LogP contribution in [0.1, 0.15) is 30.0 Å². The van der Waals surface area contributed by atoms with Crippen LogP contribution in [0, 0.1) is 17.8 Å². The molecule has 1 aromatic rings. The SMILES string of the molecule is CC(NCc1cc(N(C)C)c2c(c1O)C(O)=C1C(=O)[C@@]3(O)C(=O)C(C(N)=O)C(O)C(N(C)C)[C@H]3C[C@H]1C2)C(F)(F)F. The predicted octanol–water partition coefficient (Wildman–Crippen LogP) is 0.235. The topological polar surface area (TPSA) is 177 Å². The van der Waals surface area contributed by atoms with Crippen LogP contribution in [-0.2, 0) is 27.3 Å². The molecule has 11 nitrogen and oxygen atoms in total. The molecule has 4 rings (SSSR count). The molecule has 7 atom stereocenters. The number of nitrogens with one attached hydrogen (secondary N) is 1. The van der Waals surface area contributed by atoms with Gasteiger partial charge in [-0.15, -0.1) is 0 Å². The summed E-state index contributed by atoms with van der Waals surface area (Å²) in [4.78, 5) is 42.7. The molecule has 41 heavy (non-hydrogen) atoms. The number of aliphatic hydroxyl groups is 3.